The molecule has 0 saturated heterocycles. The molecular formula is C24H21FN4O2. The van der Waals surface area contributed by atoms with Crippen LogP contribution in [0.25, 0.3) is 0 Å². The molecule has 0 unspecified atom stereocenters. The zero-order chi connectivity index (χ0) is 21.5. The number of allylic oxidation sites excluding steroid dienone is 2. The summed E-state index contributed by atoms with van der Waals surface area (Å²) in [6.07, 6.45) is 3.53. The molecular weight excluding hydrogens is 395 g/mol. The van der Waals surface area contributed by atoms with E-state index in [4.69, 9.17) is 0 Å². The summed E-state index contributed by atoms with van der Waals surface area (Å²) in [5.41, 5.74) is 4.50. The van der Waals surface area contributed by atoms with Crippen LogP contribution in [0.2, 0.25) is 0 Å². The van der Waals surface area contributed by atoms with E-state index < -0.39 is 0 Å². The van der Waals surface area contributed by atoms with Gasteiger partial charge in [-0.25, -0.2) is 9.07 Å². The Balaban J connectivity index is 1.56. The van der Waals surface area contributed by atoms with E-state index in [1.807, 2.05) is 31.2 Å². The van der Waals surface area contributed by atoms with Crippen molar-refractivity contribution in [3.05, 3.63) is 88.5 Å². The number of hydrogen-bond acceptors (Lipinski definition) is 4. The summed E-state index contributed by atoms with van der Waals surface area (Å²) >= 11 is 0. The highest BCUT2D eigenvalue weighted by atomic mass is 19.1. The molecule has 31 heavy (non-hydrogen) atoms. The van der Waals surface area contributed by atoms with E-state index >= 15 is 0 Å². The van der Waals surface area contributed by atoms with Gasteiger partial charge >= 0.3 is 0 Å². The monoisotopic (exact) mass is 416 g/mol. The number of carbonyl (C=O) groups is 2. The standard InChI is InChI=1S/C24H21FN4O2/c1-14-5-7-15(8-6-14)22-21-19(3-2-4-20(21)30)28-23-18(13-26-29(22)23)24(31)27-17-11-9-16(25)10-12-17/h5-13,22,28H,2-4H2,1H3,(H,27,31)/t22-/m1/s1. The van der Waals surface area contributed by atoms with E-state index in [2.05, 4.69) is 15.7 Å². The average Bonchev–Trinajstić information content (AvgIpc) is 3.18. The lowest BCUT2D eigenvalue weighted by Crippen LogP contribution is -2.32. The number of aryl methyl sites for hydroxylation is 1. The molecule has 0 radical (unpaired) electrons. The number of benzene rings is 2. The van der Waals surface area contributed by atoms with Gasteiger partial charge in [0.2, 0.25) is 0 Å². The van der Waals surface area contributed by atoms with Crippen molar-refractivity contribution in [2.24, 2.45) is 0 Å². The highest BCUT2D eigenvalue weighted by molar-refractivity contribution is 6.08. The third kappa shape index (κ3) is 3.42. The molecule has 0 bridgehead atoms. The summed E-state index contributed by atoms with van der Waals surface area (Å²) in [6, 6.07) is 13.2. The van der Waals surface area contributed by atoms with E-state index in [9.17, 15) is 14.0 Å². The topological polar surface area (TPSA) is 76.0 Å². The molecule has 5 rings (SSSR count). The summed E-state index contributed by atoms with van der Waals surface area (Å²) in [6.45, 7) is 2.01. The number of halogens is 1. The molecule has 0 saturated carbocycles. The fourth-order valence-corrected chi connectivity index (χ4v) is 4.21. The molecule has 6 nitrogen and oxygen atoms in total. The van der Waals surface area contributed by atoms with Gasteiger partial charge in [-0.2, -0.15) is 5.10 Å². The molecule has 1 atom stereocenters. The summed E-state index contributed by atoms with van der Waals surface area (Å²) in [4.78, 5) is 25.8. The second-order valence-electron chi connectivity index (χ2n) is 7.92. The van der Waals surface area contributed by atoms with Gasteiger partial charge in [-0.1, -0.05) is 29.8 Å². The van der Waals surface area contributed by atoms with Gasteiger partial charge in [0.05, 0.1) is 6.20 Å². The van der Waals surface area contributed by atoms with Crippen LogP contribution in [0.3, 0.4) is 0 Å². The maximum Gasteiger partial charge on any atom is 0.261 e. The average molecular weight is 416 g/mol. The first kappa shape index (κ1) is 19.2. The molecule has 2 heterocycles. The molecule has 1 amide bonds. The Hall–Kier alpha value is -3.74. The third-order valence-electron chi connectivity index (χ3n) is 5.78. The van der Waals surface area contributed by atoms with Crippen molar-refractivity contribution in [3.63, 3.8) is 0 Å². The van der Waals surface area contributed by atoms with Gasteiger partial charge < -0.3 is 10.6 Å². The first-order valence-electron chi connectivity index (χ1n) is 10.3. The van der Waals surface area contributed by atoms with Crippen LogP contribution in [-0.4, -0.2) is 21.5 Å². The maximum absolute atomic E-state index is 13.2. The van der Waals surface area contributed by atoms with Crippen LogP contribution in [0.15, 0.2) is 66.0 Å². The number of nitrogens with zero attached hydrogens (tertiary/aromatic N) is 2. The number of Topliss-reactive ketones (excluding diaryl/α,β-unsaturated/α-hetero) is 1. The predicted octanol–water partition coefficient (Wildman–Crippen LogP) is 4.60. The molecule has 0 fully saturated rings. The number of rotatable bonds is 3. The number of hydrogen-bond donors (Lipinski definition) is 2. The smallest absolute Gasteiger partial charge is 0.261 e. The van der Waals surface area contributed by atoms with Crippen molar-refractivity contribution < 1.29 is 14.0 Å². The fraction of sp³-hybridized carbons (Fsp3) is 0.208. The minimum atomic E-state index is -0.382. The van der Waals surface area contributed by atoms with Crippen molar-refractivity contribution in [2.45, 2.75) is 32.2 Å². The minimum Gasteiger partial charge on any atom is -0.343 e. The molecule has 2 N–H and O–H groups in total. The van der Waals surface area contributed by atoms with Gasteiger partial charge in [0.15, 0.2) is 5.78 Å². The highest BCUT2D eigenvalue weighted by Crippen LogP contribution is 2.41. The maximum atomic E-state index is 13.2. The van der Waals surface area contributed by atoms with Crippen LogP contribution in [-0.2, 0) is 4.79 Å². The van der Waals surface area contributed by atoms with Gasteiger partial charge in [-0.3, -0.25) is 9.59 Å². The molecule has 2 aliphatic rings. The third-order valence-corrected chi connectivity index (χ3v) is 5.78. The van der Waals surface area contributed by atoms with Crippen molar-refractivity contribution in [1.82, 2.24) is 9.78 Å². The normalized spacial score (nSPS) is 17.6. The van der Waals surface area contributed by atoms with Gasteiger partial charge in [-0.15, -0.1) is 0 Å². The summed E-state index contributed by atoms with van der Waals surface area (Å²) in [5.74, 6) is -0.0597. The zero-order valence-electron chi connectivity index (χ0n) is 17.0. The predicted molar refractivity (Wildman–Crippen MR) is 115 cm³/mol. The van der Waals surface area contributed by atoms with E-state index in [1.165, 1.54) is 30.5 Å². The van der Waals surface area contributed by atoms with Gasteiger partial charge in [0.1, 0.15) is 23.2 Å². The number of carbonyl (C=O) groups excluding carboxylic acids is 2. The highest BCUT2D eigenvalue weighted by Gasteiger charge is 2.37. The van der Waals surface area contributed by atoms with Gasteiger partial charge in [-0.05, 0) is 49.6 Å². The Morgan fingerprint density at radius 2 is 1.87 bits per heavy atom. The second-order valence-corrected chi connectivity index (χ2v) is 7.92. The zero-order valence-corrected chi connectivity index (χ0v) is 17.0. The van der Waals surface area contributed by atoms with Crippen molar-refractivity contribution in [2.75, 3.05) is 10.6 Å². The quantitative estimate of drug-likeness (QED) is 0.654. The number of aromatic nitrogens is 2. The SMILES string of the molecule is Cc1ccc([C@@H]2C3=C(CCCC3=O)Nc3c(C(=O)Nc4ccc(F)cc4)cnn32)cc1. The Morgan fingerprint density at radius 1 is 1.13 bits per heavy atom. The molecule has 156 valence electrons. The Bertz CT molecular complexity index is 1210. The molecule has 1 aromatic heterocycles. The molecule has 0 spiro atoms. The van der Waals surface area contributed by atoms with Crippen molar-refractivity contribution in [3.8, 4) is 0 Å². The Kier molecular flexibility index (Phi) is 4.66. The lowest BCUT2D eigenvalue weighted by Gasteiger charge is -2.33. The van der Waals surface area contributed by atoms with Crippen LogP contribution in [0.4, 0.5) is 15.9 Å². The molecule has 1 aliphatic heterocycles. The van der Waals surface area contributed by atoms with E-state index in [0.29, 0.717) is 23.5 Å². The van der Waals surface area contributed by atoms with E-state index in [0.717, 1.165) is 35.2 Å². The van der Waals surface area contributed by atoms with E-state index in [-0.39, 0.29) is 23.5 Å². The van der Waals surface area contributed by atoms with Crippen molar-refractivity contribution >= 4 is 23.2 Å². The molecule has 3 aromatic rings. The van der Waals surface area contributed by atoms with Gasteiger partial charge in [0, 0.05) is 23.4 Å². The number of fused-ring (bicyclic) bond motifs is 1. The molecule has 7 heteroatoms. The lowest BCUT2D eigenvalue weighted by molar-refractivity contribution is -0.116. The van der Waals surface area contributed by atoms with Gasteiger partial charge in [0.25, 0.3) is 5.91 Å². The van der Waals surface area contributed by atoms with Crippen LogP contribution < -0.4 is 10.6 Å². The summed E-state index contributed by atoms with van der Waals surface area (Å²) < 4.78 is 14.9. The summed E-state index contributed by atoms with van der Waals surface area (Å²) in [7, 11) is 0. The number of nitrogens with one attached hydrogen (secondary N) is 2. The number of amides is 1. The van der Waals surface area contributed by atoms with Crippen LogP contribution >= 0.6 is 0 Å². The van der Waals surface area contributed by atoms with E-state index in [1.54, 1.807) is 4.68 Å². The van der Waals surface area contributed by atoms with Crippen LogP contribution in [0.5, 0.6) is 0 Å². The second kappa shape index (κ2) is 7.50. The van der Waals surface area contributed by atoms with Crippen LogP contribution in [0, 0.1) is 12.7 Å². The fourth-order valence-electron chi connectivity index (χ4n) is 4.21. The first-order valence-corrected chi connectivity index (χ1v) is 10.3. The number of ketones is 1. The summed E-state index contributed by atoms with van der Waals surface area (Å²) in [5, 5.41) is 10.6. The first-order chi connectivity index (χ1) is 15.0. The number of anilines is 2. The molecule has 2 aromatic carbocycles. The largest absolute Gasteiger partial charge is 0.343 e. The van der Waals surface area contributed by atoms with Crippen molar-refractivity contribution in [1.29, 1.82) is 0 Å². The molecule has 1 aliphatic carbocycles. The Labute approximate surface area is 178 Å². The Morgan fingerprint density at radius 3 is 2.61 bits per heavy atom. The van der Waals surface area contributed by atoms with Crippen LogP contribution in [0.1, 0.15) is 46.8 Å². The lowest BCUT2D eigenvalue weighted by atomic mass is 9.85. The minimum absolute atomic E-state index is 0.109.